The molecule has 0 bridgehead atoms. The fraction of sp³-hybridized carbons (Fsp3) is 0.500. The average Bonchev–Trinajstić information content (AvgIpc) is 3.32. The average molecular weight is 359 g/mol. The highest BCUT2D eigenvalue weighted by Crippen LogP contribution is 2.29. The first-order chi connectivity index (χ1) is 12.5. The zero-order valence-electron chi connectivity index (χ0n) is 14.6. The van der Waals surface area contributed by atoms with Crippen LogP contribution in [0.15, 0.2) is 28.7 Å². The zero-order chi connectivity index (χ0) is 18.5. The van der Waals surface area contributed by atoms with Crippen LogP contribution >= 0.6 is 0 Å². The summed E-state index contributed by atoms with van der Waals surface area (Å²) < 4.78 is 10.9. The third-order valence-electron chi connectivity index (χ3n) is 4.65. The number of benzene rings is 1. The van der Waals surface area contributed by atoms with Crippen molar-refractivity contribution in [3.05, 3.63) is 40.3 Å². The molecule has 1 saturated carbocycles. The number of aromatic nitrogens is 2. The van der Waals surface area contributed by atoms with Gasteiger partial charge in [-0.05, 0) is 31.4 Å². The molecule has 1 aromatic heterocycles. The fourth-order valence-electron chi connectivity index (χ4n) is 3.17. The first-order valence-electron chi connectivity index (χ1n) is 8.80. The van der Waals surface area contributed by atoms with Crippen molar-refractivity contribution >= 4 is 11.7 Å². The highest BCUT2D eigenvalue weighted by molar-refractivity contribution is 5.69. The van der Waals surface area contributed by atoms with Crippen LogP contribution in [0.2, 0.25) is 0 Å². The van der Waals surface area contributed by atoms with Crippen LogP contribution in [0.3, 0.4) is 0 Å². The summed E-state index contributed by atoms with van der Waals surface area (Å²) in [4.78, 5) is 22.2. The van der Waals surface area contributed by atoms with Gasteiger partial charge in [-0.2, -0.15) is 0 Å². The summed E-state index contributed by atoms with van der Waals surface area (Å²) in [5, 5.41) is 18.5. The Labute approximate surface area is 150 Å². The van der Waals surface area contributed by atoms with Crippen LogP contribution in [0, 0.1) is 16.0 Å². The molecule has 1 aliphatic carbocycles. The van der Waals surface area contributed by atoms with Gasteiger partial charge in [-0.3, -0.25) is 14.9 Å². The van der Waals surface area contributed by atoms with Gasteiger partial charge in [0.25, 0.3) is 11.6 Å². The number of hydrogen-bond donors (Lipinski definition) is 0. The van der Waals surface area contributed by atoms with E-state index in [-0.39, 0.29) is 23.4 Å². The molecule has 3 rings (SSSR count). The maximum absolute atomic E-state index is 12.0. The molecule has 0 N–H and O–H groups in total. The molecule has 8 heteroatoms. The molecule has 1 aromatic carbocycles. The van der Waals surface area contributed by atoms with E-state index < -0.39 is 11.0 Å². The third-order valence-corrected chi connectivity index (χ3v) is 4.65. The number of nitro benzene ring substituents is 1. The highest BCUT2D eigenvalue weighted by Gasteiger charge is 2.21. The second-order valence-electron chi connectivity index (χ2n) is 6.57. The Kier molecular flexibility index (Phi) is 5.60. The van der Waals surface area contributed by atoms with Gasteiger partial charge in [0, 0.05) is 24.1 Å². The number of ether oxygens (including phenoxy) is 1. The van der Waals surface area contributed by atoms with Gasteiger partial charge in [-0.1, -0.05) is 25.7 Å². The van der Waals surface area contributed by atoms with Crippen LogP contribution in [0.1, 0.15) is 57.4 Å². The Hall–Kier alpha value is -2.77. The van der Waals surface area contributed by atoms with Crippen LogP contribution in [-0.2, 0) is 9.53 Å². The molecule has 1 fully saturated rings. The van der Waals surface area contributed by atoms with Crippen molar-refractivity contribution in [1.82, 2.24) is 10.2 Å². The van der Waals surface area contributed by atoms with Crippen LogP contribution < -0.4 is 0 Å². The van der Waals surface area contributed by atoms with E-state index in [2.05, 4.69) is 10.2 Å². The zero-order valence-corrected chi connectivity index (χ0v) is 14.6. The Bertz CT molecular complexity index is 765. The number of nitrogens with zero attached hydrogens (tertiary/aromatic N) is 3. The number of carbonyl (C=O) groups excluding carboxylic acids is 1. The maximum Gasteiger partial charge on any atom is 0.306 e. The Morgan fingerprint density at radius 3 is 2.65 bits per heavy atom. The van der Waals surface area contributed by atoms with Gasteiger partial charge in [0.1, 0.15) is 0 Å². The molecule has 1 atom stereocenters. The van der Waals surface area contributed by atoms with Crippen molar-refractivity contribution in [2.24, 2.45) is 5.92 Å². The molecule has 0 spiro atoms. The van der Waals surface area contributed by atoms with Crippen LogP contribution in [-0.4, -0.2) is 21.1 Å². The van der Waals surface area contributed by atoms with E-state index in [0.29, 0.717) is 17.9 Å². The lowest BCUT2D eigenvalue weighted by atomic mass is 10.0. The van der Waals surface area contributed by atoms with E-state index in [1.165, 1.54) is 49.9 Å². The molecule has 8 nitrogen and oxygen atoms in total. The summed E-state index contributed by atoms with van der Waals surface area (Å²) >= 11 is 0. The standard InChI is InChI=1S/C18H21N3O5/c1-12(25-16(22)11-6-13-4-2-3-5-13)17-19-20-18(26-17)14-7-9-15(10-8-14)21(23)24/h7-10,12-13H,2-6,11H2,1H3/t12-/m1/s1. The molecule has 0 amide bonds. The lowest BCUT2D eigenvalue weighted by Crippen LogP contribution is -2.10. The van der Waals surface area contributed by atoms with Gasteiger partial charge in [0.05, 0.1) is 4.92 Å². The minimum Gasteiger partial charge on any atom is -0.453 e. The smallest absolute Gasteiger partial charge is 0.306 e. The van der Waals surface area contributed by atoms with E-state index in [0.717, 1.165) is 6.42 Å². The second kappa shape index (κ2) is 8.07. The lowest BCUT2D eigenvalue weighted by Gasteiger charge is -2.11. The molecule has 0 saturated heterocycles. The summed E-state index contributed by atoms with van der Waals surface area (Å²) in [5.74, 6) is 0.797. The number of rotatable bonds is 7. The van der Waals surface area contributed by atoms with Crippen molar-refractivity contribution in [3.63, 3.8) is 0 Å². The van der Waals surface area contributed by atoms with Gasteiger partial charge in [-0.15, -0.1) is 10.2 Å². The number of esters is 1. The first-order valence-corrected chi connectivity index (χ1v) is 8.80. The Balaban J connectivity index is 1.56. The van der Waals surface area contributed by atoms with Crippen molar-refractivity contribution in [3.8, 4) is 11.5 Å². The van der Waals surface area contributed by atoms with Crippen LogP contribution in [0.4, 0.5) is 5.69 Å². The molecule has 0 radical (unpaired) electrons. The predicted molar refractivity (Wildman–Crippen MR) is 92.1 cm³/mol. The SMILES string of the molecule is C[C@@H](OC(=O)CCC1CCCC1)c1nnc(-c2ccc([N+](=O)[O-])cc2)o1. The summed E-state index contributed by atoms with van der Waals surface area (Å²) in [6.07, 6.45) is 5.54. The molecular formula is C18H21N3O5. The number of carbonyl (C=O) groups is 1. The van der Waals surface area contributed by atoms with Crippen molar-refractivity contribution in [1.29, 1.82) is 0 Å². The first kappa shape index (κ1) is 18.0. The normalized spacial score (nSPS) is 15.7. The lowest BCUT2D eigenvalue weighted by molar-refractivity contribution is -0.384. The number of non-ortho nitro benzene ring substituents is 1. The third kappa shape index (κ3) is 4.44. The molecule has 1 heterocycles. The van der Waals surface area contributed by atoms with Crippen LogP contribution in [0.5, 0.6) is 0 Å². The van der Waals surface area contributed by atoms with E-state index in [1.54, 1.807) is 6.92 Å². The summed E-state index contributed by atoms with van der Waals surface area (Å²) in [5.41, 5.74) is 0.548. The van der Waals surface area contributed by atoms with Gasteiger partial charge >= 0.3 is 5.97 Å². The monoisotopic (exact) mass is 359 g/mol. The van der Waals surface area contributed by atoms with Crippen molar-refractivity contribution in [2.45, 2.75) is 51.6 Å². The fourth-order valence-corrected chi connectivity index (χ4v) is 3.17. The van der Waals surface area contributed by atoms with E-state index >= 15 is 0 Å². The topological polar surface area (TPSA) is 108 Å². The Morgan fingerprint density at radius 1 is 1.31 bits per heavy atom. The van der Waals surface area contributed by atoms with Crippen molar-refractivity contribution < 1.29 is 18.9 Å². The van der Waals surface area contributed by atoms with Gasteiger partial charge in [0.2, 0.25) is 5.89 Å². The summed E-state index contributed by atoms with van der Waals surface area (Å²) in [6, 6.07) is 5.80. The quantitative estimate of drug-likeness (QED) is 0.413. The highest BCUT2D eigenvalue weighted by atomic mass is 16.6. The van der Waals surface area contributed by atoms with Gasteiger partial charge < -0.3 is 9.15 Å². The molecule has 0 aliphatic heterocycles. The molecule has 2 aromatic rings. The molecule has 0 unspecified atom stereocenters. The molecule has 26 heavy (non-hydrogen) atoms. The van der Waals surface area contributed by atoms with E-state index in [9.17, 15) is 14.9 Å². The Morgan fingerprint density at radius 2 is 2.00 bits per heavy atom. The van der Waals surface area contributed by atoms with Crippen molar-refractivity contribution in [2.75, 3.05) is 0 Å². The summed E-state index contributed by atoms with van der Waals surface area (Å²) in [6.45, 7) is 1.68. The largest absolute Gasteiger partial charge is 0.453 e. The molecule has 138 valence electrons. The maximum atomic E-state index is 12.0. The predicted octanol–water partition coefficient (Wildman–Crippen LogP) is 4.22. The van der Waals surface area contributed by atoms with Gasteiger partial charge in [-0.25, -0.2) is 0 Å². The summed E-state index contributed by atoms with van der Waals surface area (Å²) in [7, 11) is 0. The number of nitro groups is 1. The molecular weight excluding hydrogens is 338 g/mol. The van der Waals surface area contributed by atoms with Crippen LogP contribution in [0.25, 0.3) is 11.5 Å². The molecule has 1 aliphatic rings. The number of hydrogen-bond acceptors (Lipinski definition) is 7. The second-order valence-corrected chi connectivity index (χ2v) is 6.57. The van der Waals surface area contributed by atoms with Gasteiger partial charge in [0.15, 0.2) is 6.10 Å². The minimum atomic E-state index is -0.634. The minimum absolute atomic E-state index is 0.0157. The van der Waals surface area contributed by atoms with E-state index in [4.69, 9.17) is 9.15 Å². The van der Waals surface area contributed by atoms with E-state index in [1.807, 2.05) is 0 Å².